The molecule has 2 fully saturated rings. The lowest BCUT2D eigenvalue weighted by Gasteiger charge is -2.35. The molecule has 1 unspecified atom stereocenters. The van der Waals surface area contributed by atoms with Crippen molar-refractivity contribution in [2.45, 2.75) is 52.1 Å². The van der Waals surface area contributed by atoms with E-state index in [1.54, 1.807) is 26.8 Å². The van der Waals surface area contributed by atoms with Gasteiger partial charge in [0.05, 0.1) is 0 Å². The first-order chi connectivity index (χ1) is 10.3. The molecular formula is C16H22N2O4. The summed E-state index contributed by atoms with van der Waals surface area (Å²) in [6.45, 7) is 5.39. The van der Waals surface area contributed by atoms with E-state index < -0.39 is 11.7 Å². The zero-order chi connectivity index (χ0) is 16.0. The van der Waals surface area contributed by atoms with Crippen molar-refractivity contribution in [2.24, 2.45) is 11.3 Å². The van der Waals surface area contributed by atoms with Gasteiger partial charge in [0.15, 0.2) is 5.78 Å². The molecular weight excluding hydrogens is 284 g/mol. The van der Waals surface area contributed by atoms with Gasteiger partial charge in [0, 0.05) is 18.2 Å². The highest BCUT2D eigenvalue weighted by Gasteiger charge is 2.57. The molecule has 1 aromatic rings. The number of nitrogens with zero attached hydrogens (tertiary/aromatic N) is 2. The SMILES string of the molecule is CC(C)(C)OC(=O)n1ccc(OCC(=O)C2CCC23CC3)n1. The van der Waals surface area contributed by atoms with Gasteiger partial charge in [-0.05, 0) is 51.9 Å². The molecule has 0 amide bonds. The first kappa shape index (κ1) is 15.1. The highest BCUT2D eigenvalue weighted by Crippen LogP contribution is 2.64. The van der Waals surface area contributed by atoms with Crippen LogP contribution >= 0.6 is 0 Å². The van der Waals surface area contributed by atoms with Crippen molar-refractivity contribution in [3.05, 3.63) is 12.3 Å². The zero-order valence-electron chi connectivity index (χ0n) is 13.3. The molecule has 0 aromatic carbocycles. The van der Waals surface area contributed by atoms with Crippen molar-refractivity contribution in [3.63, 3.8) is 0 Å². The van der Waals surface area contributed by atoms with Gasteiger partial charge in [-0.25, -0.2) is 4.79 Å². The topological polar surface area (TPSA) is 70.4 Å². The Morgan fingerprint density at radius 3 is 2.64 bits per heavy atom. The summed E-state index contributed by atoms with van der Waals surface area (Å²) in [5, 5.41) is 3.99. The molecule has 120 valence electrons. The smallest absolute Gasteiger partial charge is 0.435 e. The van der Waals surface area contributed by atoms with Gasteiger partial charge in [-0.1, -0.05) is 0 Å². The summed E-state index contributed by atoms with van der Waals surface area (Å²) in [6, 6.07) is 1.56. The third-order valence-corrected chi connectivity index (χ3v) is 4.46. The molecule has 0 radical (unpaired) electrons. The average Bonchev–Trinajstić information content (AvgIpc) is 3.08. The summed E-state index contributed by atoms with van der Waals surface area (Å²) in [4.78, 5) is 24.0. The normalized spacial score (nSPS) is 22.0. The Bertz CT molecular complexity index is 596. The molecule has 0 aliphatic heterocycles. The summed E-state index contributed by atoms with van der Waals surface area (Å²) >= 11 is 0. The number of Topliss-reactive ketones (excluding diaryl/α,β-unsaturated/α-hetero) is 1. The molecule has 1 aromatic heterocycles. The van der Waals surface area contributed by atoms with E-state index in [0.29, 0.717) is 5.41 Å². The molecule has 6 nitrogen and oxygen atoms in total. The number of hydrogen-bond acceptors (Lipinski definition) is 5. The van der Waals surface area contributed by atoms with Gasteiger partial charge in [0.2, 0.25) is 5.88 Å². The first-order valence-corrected chi connectivity index (χ1v) is 7.74. The predicted octanol–water partition coefficient (Wildman–Crippen LogP) is 2.80. The van der Waals surface area contributed by atoms with Gasteiger partial charge in [0.1, 0.15) is 12.2 Å². The van der Waals surface area contributed by atoms with Crippen LogP contribution in [0.15, 0.2) is 12.3 Å². The van der Waals surface area contributed by atoms with E-state index in [0.717, 1.165) is 11.1 Å². The molecule has 6 heteroatoms. The first-order valence-electron chi connectivity index (χ1n) is 7.74. The van der Waals surface area contributed by atoms with Crippen LogP contribution in [0, 0.1) is 11.3 Å². The van der Waals surface area contributed by atoms with Crippen molar-refractivity contribution in [2.75, 3.05) is 6.61 Å². The van der Waals surface area contributed by atoms with Gasteiger partial charge in [-0.15, -0.1) is 5.10 Å². The van der Waals surface area contributed by atoms with E-state index in [2.05, 4.69) is 5.10 Å². The van der Waals surface area contributed by atoms with E-state index in [1.165, 1.54) is 25.5 Å². The quantitative estimate of drug-likeness (QED) is 0.855. The van der Waals surface area contributed by atoms with Crippen LogP contribution in [0.5, 0.6) is 5.88 Å². The Morgan fingerprint density at radius 1 is 1.36 bits per heavy atom. The van der Waals surface area contributed by atoms with Gasteiger partial charge in [-0.2, -0.15) is 4.68 Å². The number of carbonyl (C=O) groups excluding carboxylic acids is 2. The van der Waals surface area contributed by atoms with E-state index in [1.807, 2.05) is 0 Å². The second kappa shape index (κ2) is 5.11. The Hall–Kier alpha value is -1.85. The number of rotatable bonds is 4. The lowest BCUT2D eigenvalue weighted by molar-refractivity contribution is -0.131. The highest BCUT2D eigenvalue weighted by atomic mass is 16.6. The number of carbonyl (C=O) groups is 2. The van der Waals surface area contributed by atoms with E-state index in [-0.39, 0.29) is 24.2 Å². The van der Waals surface area contributed by atoms with Crippen molar-refractivity contribution < 1.29 is 19.1 Å². The minimum Gasteiger partial charge on any atom is -0.469 e. The van der Waals surface area contributed by atoms with Crippen molar-refractivity contribution >= 4 is 11.9 Å². The van der Waals surface area contributed by atoms with Crippen LogP contribution in [0.3, 0.4) is 0 Å². The lowest BCUT2D eigenvalue weighted by Crippen LogP contribution is -2.37. The molecule has 0 N–H and O–H groups in total. The van der Waals surface area contributed by atoms with E-state index >= 15 is 0 Å². The maximum Gasteiger partial charge on any atom is 0.435 e. The number of ketones is 1. The van der Waals surface area contributed by atoms with Crippen molar-refractivity contribution in [1.29, 1.82) is 0 Å². The number of ether oxygens (including phenoxy) is 2. The molecule has 2 aliphatic rings. The molecule has 22 heavy (non-hydrogen) atoms. The van der Waals surface area contributed by atoms with Gasteiger partial charge >= 0.3 is 6.09 Å². The number of aromatic nitrogens is 2. The monoisotopic (exact) mass is 306 g/mol. The van der Waals surface area contributed by atoms with Crippen LogP contribution in [0.2, 0.25) is 0 Å². The van der Waals surface area contributed by atoms with Crippen LogP contribution in [-0.2, 0) is 9.53 Å². The fraction of sp³-hybridized carbons (Fsp3) is 0.688. The molecule has 2 aliphatic carbocycles. The van der Waals surface area contributed by atoms with E-state index in [9.17, 15) is 9.59 Å². The number of hydrogen-bond donors (Lipinski definition) is 0. The second-order valence-electron chi connectivity index (χ2n) is 7.29. The average molecular weight is 306 g/mol. The van der Waals surface area contributed by atoms with E-state index in [4.69, 9.17) is 9.47 Å². The highest BCUT2D eigenvalue weighted by molar-refractivity contribution is 5.84. The predicted molar refractivity (Wildman–Crippen MR) is 78.8 cm³/mol. The third-order valence-electron chi connectivity index (χ3n) is 4.46. The Balaban J connectivity index is 1.51. The van der Waals surface area contributed by atoms with Gasteiger partial charge in [0.25, 0.3) is 0 Å². The Kier molecular flexibility index (Phi) is 3.50. The summed E-state index contributed by atoms with van der Waals surface area (Å²) in [5.74, 6) is 0.583. The summed E-state index contributed by atoms with van der Waals surface area (Å²) in [5.41, 5.74) is -0.265. The summed E-state index contributed by atoms with van der Waals surface area (Å²) < 4.78 is 11.7. The molecule has 0 saturated heterocycles. The second-order valence-corrected chi connectivity index (χ2v) is 7.29. The molecule has 1 heterocycles. The van der Waals surface area contributed by atoms with Crippen LogP contribution in [0.1, 0.15) is 46.5 Å². The Labute approximate surface area is 129 Å². The Morgan fingerprint density at radius 2 is 2.09 bits per heavy atom. The van der Waals surface area contributed by atoms with Gasteiger partial charge < -0.3 is 9.47 Å². The van der Waals surface area contributed by atoms with Gasteiger partial charge in [-0.3, -0.25) is 4.79 Å². The van der Waals surface area contributed by atoms with Crippen LogP contribution in [-0.4, -0.2) is 33.9 Å². The van der Waals surface area contributed by atoms with Crippen LogP contribution in [0.25, 0.3) is 0 Å². The minimum absolute atomic E-state index is 0.0255. The fourth-order valence-electron chi connectivity index (χ4n) is 3.00. The third kappa shape index (κ3) is 3.00. The maximum atomic E-state index is 12.1. The van der Waals surface area contributed by atoms with Crippen molar-refractivity contribution in [1.82, 2.24) is 9.78 Å². The summed E-state index contributed by atoms with van der Waals surface area (Å²) in [7, 11) is 0. The van der Waals surface area contributed by atoms with Crippen LogP contribution in [0.4, 0.5) is 4.79 Å². The zero-order valence-corrected chi connectivity index (χ0v) is 13.3. The summed E-state index contributed by atoms with van der Waals surface area (Å²) in [6.07, 6.45) is 5.42. The maximum absolute atomic E-state index is 12.1. The van der Waals surface area contributed by atoms with Crippen molar-refractivity contribution in [3.8, 4) is 5.88 Å². The molecule has 1 atom stereocenters. The standard InChI is InChI=1S/C16H22N2O4/c1-15(2,3)22-14(20)18-9-5-13(17-18)21-10-12(19)11-4-6-16(11)7-8-16/h5,9,11H,4,6-8,10H2,1-3H3. The largest absolute Gasteiger partial charge is 0.469 e. The van der Waals surface area contributed by atoms with Crippen LogP contribution < -0.4 is 4.74 Å². The lowest BCUT2D eigenvalue weighted by atomic mass is 9.68. The molecule has 0 bridgehead atoms. The molecule has 1 spiro atoms. The molecule has 3 rings (SSSR count). The molecule has 2 saturated carbocycles. The minimum atomic E-state index is -0.581. The fourth-order valence-corrected chi connectivity index (χ4v) is 3.00.